The monoisotopic (exact) mass is 274 g/mol. The van der Waals surface area contributed by atoms with Gasteiger partial charge in [-0.1, -0.05) is 13.0 Å². The van der Waals surface area contributed by atoms with Gasteiger partial charge in [0.15, 0.2) is 0 Å². The fraction of sp³-hybridized carbons (Fsp3) is 0.385. The van der Waals surface area contributed by atoms with Crippen LogP contribution in [0.25, 0.3) is 5.69 Å². The van der Waals surface area contributed by atoms with E-state index in [1.807, 2.05) is 32.0 Å². The van der Waals surface area contributed by atoms with Gasteiger partial charge in [0, 0.05) is 18.2 Å². The maximum Gasteiger partial charge on any atom is 0.225 e. The number of hydrogen-bond donors (Lipinski definition) is 2. The number of carbonyl (C=O) groups excluding carboxylic acids is 1. The molecule has 0 fully saturated rings. The van der Waals surface area contributed by atoms with E-state index in [1.165, 1.54) is 11.0 Å². The largest absolute Gasteiger partial charge is 0.327 e. The molecule has 0 radical (unpaired) electrons. The molecule has 1 aromatic carbocycles. The minimum Gasteiger partial charge on any atom is -0.327 e. The highest BCUT2D eigenvalue weighted by Crippen LogP contribution is 2.19. The molecule has 7 heteroatoms. The van der Waals surface area contributed by atoms with Gasteiger partial charge in [0.05, 0.1) is 5.69 Å². The van der Waals surface area contributed by atoms with Crippen LogP contribution in [0.1, 0.15) is 25.3 Å². The summed E-state index contributed by atoms with van der Waals surface area (Å²) in [6.07, 6.45) is 2.59. The standard InChI is InChI=1S/C13H18N6O/c1-3-10(14)6-13(20)16-12-7-11(5-4-9(12)2)19-8-15-17-18-19/h4-5,7-8,10H,3,6,14H2,1-2H3,(H,16,20). The van der Waals surface area contributed by atoms with Gasteiger partial charge in [-0.05, 0) is 41.5 Å². The fourth-order valence-electron chi connectivity index (χ4n) is 1.75. The molecular weight excluding hydrogens is 256 g/mol. The van der Waals surface area contributed by atoms with Crippen molar-refractivity contribution < 1.29 is 4.79 Å². The smallest absolute Gasteiger partial charge is 0.225 e. The average molecular weight is 274 g/mol. The Kier molecular flexibility index (Phi) is 4.41. The van der Waals surface area contributed by atoms with Crippen molar-refractivity contribution >= 4 is 11.6 Å². The summed E-state index contributed by atoms with van der Waals surface area (Å²) in [6.45, 7) is 3.89. The summed E-state index contributed by atoms with van der Waals surface area (Å²) in [5.74, 6) is -0.0867. The highest BCUT2D eigenvalue weighted by Gasteiger charge is 2.10. The van der Waals surface area contributed by atoms with Crippen molar-refractivity contribution in [3.05, 3.63) is 30.1 Å². The molecule has 1 aromatic heterocycles. The van der Waals surface area contributed by atoms with Gasteiger partial charge in [0.2, 0.25) is 5.91 Å². The highest BCUT2D eigenvalue weighted by molar-refractivity contribution is 5.92. The molecule has 0 spiro atoms. The van der Waals surface area contributed by atoms with Crippen LogP contribution in [-0.4, -0.2) is 32.2 Å². The van der Waals surface area contributed by atoms with Crippen molar-refractivity contribution in [2.24, 2.45) is 5.73 Å². The van der Waals surface area contributed by atoms with Crippen LogP contribution in [0.3, 0.4) is 0 Å². The highest BCUT2D eigenvalue weighted by atomic mass is 16.1. The lowest BCUT2D eigenvalue weighted by Crippen LogP contribution is -2.26. The maximum absolute atomic E-state index is 11.9. The summed E-state index contributed by atoms with van der Waals surface area (Å²) in [7, 11) is 0. The zero-order valence-electron chi connectivity index (χ0n) is 11.6. The van der Waals surface area contributed by atoms with Crippen molar-refractivity contribution in [2.45, 2.75) is 32.7 Å². The Labute approximate surface area is 117 Å². The van der Waals surface area contributed by atoms with Crippen molar-refractivity contribution in [1.29, 1.82) is 0 Å². The third kappa shape index (κ3) is 3.39. The molecule has 2 rings (SSSR count). The normalized spacial score (nSPS) is 12.2. The number of hydrogen-bond acceptors (Lipinski definition) is 5. The molecule has 0 aliphatic rings. The van der Waals surface area contributed by atoms with E-state index in [0.717, 1.165) is 23.4 Å². The molecule has 0 saturated carbocycles. The molecule has 3 N–H and O–H groups in total. The van der Waals surface area contributed by atoms with Crippen molar-refractivity contribution in [3.63, 3.8) is 0 Å². The molecule has 0 saturated heterocycles. The summed E-state index contributed by atoms with van der Waals surface area (Å²) in [4.78, 5) is 11.9. The predicted octanol–water partition coefficient (Wildman–Crippen LogP) is 1.04. The quantitative estimate of drug-likeness (QED) is 0.848. The van der Waals surface area contributed by atoms with Crippen molar-refractivity contribution in [2.75, 3.05) is 5.32 Å². The molecule has 20 heavy (non-hydrogen) atoms. The lowest BCUT2D eigenvalue weighted by molar-refractivity contribution is -0.116. The number of aromatic nitrogens is 4. The van der Waals surface area contributed by atoms with Crippen LogP contribution in [0.4, 0.5) is 5.69 Å². The first-order valence-electron chi connectivity index (χ1n) is 6.49. The molecule has 0 bridgehead atoms. The first kappa shape index (κ1) is 14.1. The fourth-order valence-corrected chi connectivity index (χ4v) is 1.75. The molecule has 0 aliphatic carbocycles. The summed E-state index contributed by atoms with van der Waals surface area (Å²) in [6, 6.07) is 5.52. The first-order valence-corrected chi connectivity index (χ1v) is 6.49. The molecule has 0 aliphatic heterocycles. The third-order valence-corrected chi connectivity index (χ3v) is 3.08. The number of nitrogens with zero attached hydrogens (tertiary/aromatic N) is 4. The average Bonchev–Trinajstić information content (AvgIpc) is 2.95. The number of amides is 1. The van der Waals surface area contributed by atoms with Crippen LogP contribution >= 0.6 is 0 Å². The van der Waals surface area contributed by atoms with Crippen molar-refractivity contribution in [3.8, 4) is 5.69 Å². The Morgan fingerprint density at radius 2 is 2.30 bits per heavy atom. The summed E-state index contributed by atoms with van der Waals surface area (Å²) in [5.41, 5.74) is 8.28. The molecule has 1 amide bonds. The summed E-state index contributed by atoms with van der Waals surface area (Å²) < 4.78 is 1.53. The minimum atomic E-state index is -0.113. The van der Waals surface area contributed by atoms with Gasteiger partial charge in [0.25, 0.3) is 0 Å². The Hall–Kier alpha value is -2.28. The van der Waals surface area contributed by atoms with Gasteiger partial charge in [0.1, 0.15) is 6.33 Å². The molecule has 1 atom stereocenters. The number of benzene rings is 1. The summed E-state index contributed by atoms with van der Waals surface area (Å²) in [5, 5.41) is 13.9. The Morgan fingerprint density at radius 3 is 2.95 bits per heavy atom. The van der Waals surface area contributed by atoms with E-state index in [-0.39, 0.29) is 11.9 Å². The van der Waals surface area contributed by atoms with Gasteiger partial charge < -0.3 is 11.1 Å². The first-order chi connectivity index (χ1) is 9.60. The number of nitrogens with two attached hydrogens (primary N) is 1. The van der Waals surface area contributed by atoms with Crippen LogP contribution < -0.4 is 11.1 Å². The van der Waals surface area contributed by atoms with Gasteiger partial charge >= 0.3 is 0 Å². The third-order valence-electron chi connectivity index (χ3n) is 3.08. The van der Waals surface area contributed by atoms with Gasteiger partial charge in [-0.25, -0.2) is 4.68 Å². The zero-order chi connectivity index (χ0) is 14.5. The Bertz CT molecular complexity index is 581. The van der Waals surface area contributed by atoms with Crippen LogP contribution in [0.5, 0.6) is 0 Å². The topological polar surface area (TPSA) is 98.7 Å². The van der Waals surface area contributed by atoms with E-state index < -0.39 is 0 Å². The molecule has 7 nitrogen and oxygen atoms in total. The molecule has 106 valence electrons. The Morgan fingerprint density at radius 1 is 1.50 bits per heavy atom. The van der Waals surface area contributed by atoms with Gasteiger partial charge in [-0.3, -0.25) is 4.79 Å². The number of rotatable bonds is 5. The lowest BCUT2D eigenvalue weighted by atomic mass is 10.1. The van der Waals surface area contributed by atoms with E-state index in [4.69, 9.17) is 5.73 Å². The maximum atomic E-state index is 11.9. The molecule has 1 heterocycles. The summed E-state index contributed by atoms with van der Waals surface area (Å²) >= 11 is 0. The van der Waals surface area contributed by atoms with E-state index in [2.05, 4.69) is 20.8 Å². The number of nitrogens with one attached hydrogen (secondary N) is 1. The number of tetrazole rings is 1. The second-order valence-electron chi connectivity index (χ2n) is 4.67. The number of carbonyl (C=O) groups is 1. The minimum absolute atomic E-state index is 0.0867. The van der Waals surface area contributed by atoms with Crippen LogP contribution in [0.2, 0.25) is 0 Å². The number of aryl methyl sites for hydroxylation is 1. The number of anilines is 1. The van der Waals surface area contributed by atoms with E-state index >= 15 is 0 Å². The SMILES string of the molecule is CCC(N)CC(=O)Nc1cc(-n2cnnn2)ccc1C. The second kappa shape index (κ2) is 6.25. The van der Waals surface area contributed by atoms with Crippen LogP contribution in [0.15, 0.2) is 24.5 Å². The Balaban J connectivity index is 2.15. The molecule has 2 aromatic rings. The molecule has 1 unspecified atom stereocenters. The second-order valence-corrected chi connectivity index (χ2v) is 4.67. The van der Waals surface area contributed by atoms with Crippen LogP contribution in [-0.2, 0) is 4.79 Å². The zero-order valence-corrected chi connectivity index (χ0v) is 11.6. The van der Waals surface area contributed by atoms with Crippen molar-refractivity contribution in [1.82, 2.24) is 20.2 Å². The lowest BCUT2D eigenvalue weighted by Gasteiger charge is -2.12. The van der Waals surface area contributed by atoms with E-state index in [9.17, 15) is 4.79 Å². The van der Waals surface area contributed by atoms with Gasteiger partial charge in [-0.2, -0.15) is 0 Å². The molecular formula is C13H18N6O. The van der Waals surface area contributed by atoms with E-state index in [1.54, 1.807) is 0 Å². The van der Waals surface area contributed by atoms with E-state index in [0.29, 0.717) is 6.42 Å². The predicted molar refractivity (Wildman–Crippen MR) is 75.4 cm³/mol. The van der Waals surface area contributed by atoms with Crippen LogP contribution in [0, 0.1) is 6.92 Å². The van der Waals surface area contributed by atoms with Gasteiger partial charge in [-0.15, -0.1) is 5.10 Å².